The van der Waals surface area contributed by atoms with E-state index in [0.717, 1.165) is 16.9 Å². The number of carbonyl (C=O) groups excluding carboxylic acids is 1. The van der Waals surface area contributed by atoms with Gasteiger partial charge in [-0.1, -0.05) is 48.5 Å². The molecular weight excluding hydrogens is 396 g/mol. The first-order valence-electron chi connectivity index (χ1n) is 10.4. The minimum atomic E-state index is -0.693. The highest BCUT2D eigenvalue weighted by Crippen LogP contribution is 2.20. The molecule has 0 aliphatic carbocycles. The summed E-state index contributed by atoms with van der Waals surface area (Å²) in [5.41, 5.74) is 1.89. The van der Waals surface area contributed by atoms with Crippen LogP contribution in [0.25, 0.3) is 0 Å². The molecule has 2 aromatic rings. The number of aliphatic hydroxyl groups is 2. The van der Waals surface area contributed by atoms with E-state index in [9.17, 15) is 15.0 Å². The van der Waals surface area contributed by atoms with E-state index in [1.54, 1.807) is 19.3 Å². The number of hydrogen-bond acceptors (Lipinski definition) is 6. The molecule has 2 aromatic carbocycles. The van der Waals surface area contributed by atoms with E-state index in [-0.39, 0.29) is 12.4 Å². The summed E-state index contributed by atoms with van der Waals surface area (Å²) >= 11 is 0. The lowest BCUT2D eigenvalue weighted by Gasteiger charge is -2.16. The van der Waals surface area contributed by atoms with Gasteiger partial charge in [-0.05, 0) is 48.6 Å². The van der Waals surface area contributed by atoms with Crippen molar-refractivity contribution in [1.29, 1.82) is 0 Å². The second-order valence-corrected chi connectivity index (χ2v) is 7.34. The molecule has 0 radical (unpaired) electrons. The molecule has 0 aromatic heterocycles. The van der Waals surface area contributed by atoms with Crippen LogP contribution in [-0.2, 0) is 20.9 Å². The van der Waals surface area contributed by atoms with Gasteiger partial charge in [-0.15, -0.1) is 0 Å². The lowest BCUT2D eigenvalue weighted by Crippen LogP contribution is -2.19. The first-order chi connectivity index (χ1) is 15.0. The van der Waals surface area contributed by atoms with Crippen LogP contribution < -0.4 is 4.74 Å². The molecular formula is C25H32O6. The number of carbonyl (C=O) groups is 1. The van der Waals surface area contributed by atoms with Gasteiger partial charge in [0.25, 0.3) is 0 Å². The predicted molar refractivity (Wildman–Crippen MR) is 119 cm³/mol. The molecule has 168 valence electrons. The van der Waals surface area contributed by atoms with Gasteiger partial charge in [-0.3, -0.25) is 4.79 Å². The predicted octanol–water partition coefficient (Wildman–Crippen LogP) is 3.96. The van der Waals surface area contributed by atoms with Crippen molar-refractivity contribution in [2.75, 3.05) is 13.7 Å². The van der Waals surface area contributed by atoms with Crippen molar-refractivity contribution in [2.45, 2.75) is 51.1 Å². The van der Waals surface area contributed by atoms with Crippen molar-refractivity contribution < 1.29 is 29.2 Å². The zero-order valence-electron chi connectivity index (χ0n) is 18.1. The Hall–Kier alpha value is -2.67. The Labute approximate surface area is 184 Å². The van der Waals surface area contributed by atoms with Crippen molar-refractivity contribution in [3.8, 4) is 5.75 Å². The van der Waals surface area contributed by atoms with E-state index >= 15 is 0 Å². The van der Waals surface area contributed by atoms with Crippen LogP contribution in [0.5, 0.6) is 5.75 Å². The van der Waals surface area contributed by atoms with Crippen LogP contribution in [0, 0.1) is 0 Å². The zero-order chi connectivity index (χ0) is 22.5. The van der Waals surface area contributed by atoms with Crippen LogP contribution in [0.4, 0.5) is 0 Å². The third kappa shape index (κ3) is 9.79. The summed E-state index contributed by atoms with van der Waals surface area (Å²) in [4.78, 5) is 11.4. The van der Waals surface area contributed by atoms with Crippen molar-refractivity contribution in [3.63, 3.8) is 0 Å². The van der Waals surface area contributed by atoms with Gasteiger partial charge in [0.15, 0.2) is 0 Å². The average Bonchev–Trinajstić information content (AvgIpc) is 2.77. The highest BCUT2D eigenvalue weighted by molar-refractivity contribution is 5.66. The standard InChI is InChI=1S/C25H32O6/c1-19(26)31-25(21-7-4-3-5-8-21)10-6-9-22(27)17-23(28)15-16-30-18-20-11-13-24(29-2)14-12-20/h3-8,10-14,22-23,25,27-28H,9,15-18H2,1-2H3/b10-6+/t22-,23-,25-/m1/s1. The van der Waals surface area contributed by atoms with Crippen LogP contribution in [-0.4, -0.2) is 42.1 Å². The smallest absolute Gasteiger partial charge is 0.303 e. The third-order valence-electron chi connectivity index (χ3n) is 4.71. The zero-order valence-corrected chi connectivity index (χ0v) is 18.1. The van der Waals surface area contributed by atoms with Crippen molar-refractivity contribution in [1.82, 2.24) is 0 Å². The molecule has 31 heavy (non-hydrogen) atoms. The third-order valence-corrected chi connectivity index (χ3v) is 4.71. The molecule has 2 rings (SSSR count). The Balaban J connectivity index is 1.69. The molecule has 0 saturated carbocycles. The topological polar surface area (TPSA) is 85.2 Å². The molecule has 0 fully saturated rings. The Morgan fingerprint density at radius 1 is 1.03 bits per heavy atom. The quantitative estimate of drug-likeness (QED) is 0.285. The fourth-order valence-corrected chi connectivity index (χ4v) is 3.06. The fourth-order valence-electron chi connectivity index (χ4n) is 3.06. The molecule has 0 aliphatic rings. The molecule has 0 saturated heterocycles. The lowest BCUT2D eigenvalue weighted by atomic mass is 10.0. The monoisotopic (exact) mass is 428 g/mol. The largest absolute Gasteiger partial charge is 0.497 e. The summed E-state index contributed by atoms with van der Waals surface area (Å²) in [5.74, 6) is 0.425. The van der Waals surface area contributed by atoms with E-state index in [1.165, 1.54) is 6.92 Å². The van der Waals surface area contributed by atoms with E-state index in [4.69, 9.17) is 14.2 Å². The number of methoxy groups -OCH3 is 1. The van der Waals surface area contributed by atoms with Gasteiger partial charge in [0.2, 0.25) is 0 Å². The molecule has 0 amide bonds. The van der Waals surface area contributed by atoms with E-state index in [2.05, 4.69) is 0 Å². The average molecular weight is 429 g/mol. The van der Waals surface area contributed by atoms with Gasteiger partial charge in [0, 0.05) is 13.5 Å². The number of aliphatic hydroxyl groups excluding tert-OH is 2. The number of ether oxygens (including phenoxy) is 3. The Kier molecular flexibility index (Phi) is 10.8. The molecule has 0 heterocycles. The molecule has 6 heteroatoms. The molecule has 3 atom stereocenters. The van der Waals surface area contributed by atoms with Gasteiger partial charge in [-0.25, -0.2) is 0 Å². The first-order valence-corrected chi connectivity index (χ1v) is 10.4. The highest BCUT2D eigenvalue weighted by Gasteiger charge is 2.13. The molecule has 2 N–H and O–H groups in total. The maximum absolute atomic E-state index is 11.4. The second kappa shape index (κ2) is 13.6. The van der Waals surface area contributed by atoms with Crippen molar-refractivity contribution in [2.24, 2.45) is 0 Å². The Bertz CT molecular complexity index is 787. The molecule has 0 bridgehead atoms. The summed E-state index contributed by atoms with van der Waals surface area (Å²) in [6.07, 6.45) is 2.73. The lowest BCUT2D eigenvalue weighted by molar-refractivity contribution is -0.144. The normalized spacial score (nSPS) is 14.2. The Morgan fingerprint density at radius 2 is 1.74 bits per heavy atom. The molecule has 0 aliphatic heterocycles. The maximum atomic E-state index is 11.4. The van der Waals surface area contributed by atoms with Gasteiger partial charge >= 0.3 is 5.97 Å². The first kappa shape index (κ1) is 24.6. The Morgan fingerprint density at radius 3 is 2.39 bits per heavy atom. The van der Waals surface area contributed by atoms with Crippen LogP contribution in [0.2, 0.25) is 0 Å². The molecule has 6 nitrogen and oxygen atoms in total. The minimum Gasteiger partial charge on any atom is -0.497 e. The number of esters is 1. The van der Waals surface area contributed by atoms with Crippen LogP contribution in [0.3, 0.4) is 0 Å². The van der Waals surface area contributed by atoms with Gasteiger partial charge in [0.05, 0.1) is 25.9 Å². The van der Waals surface area contributed by atoms with Crippen molar-refractivity contribution >= 4 is 5.97 Å². The molecule has 0 spiro atoms. The summed E-state index contributed by atoms with van der Waals surface area (Å²) in [5, 5.41) is 20.3. The van der Waals surface area contributed by atoms with Gasteiger partial charge in [0.1, 0.15) is 11.9 Å². The maximum Gasteiger partial charge on any atom is 0.303 e. The second-order valence-electron chi connectivity index (χ2n) is 7.34. The van der Waals surface area contributed by atoms with E-state index in [1.807, 2.05) is 54.6 Å². The number of benzene rings is 2. The van der Waals surface area contributed by atoms with Crippen LogP contribution in [0.15, 0.2) is 66.7 Å². The number of rotatable bonds is 13. The van der Waals surface area contributed by atoms with E-state index < -0.39 is 18.3 Å². The van der Waals surface area contributed by atoms with Crippen LogP contribution in [0.1, 0.15) is 43.4 Å². The minimum absolute atomic E-state index is 0.250. The summed E-state index contributed by atoms with van der Waals surface area (Å²) in [7, 11) is 1.62. The summed E-state index contributed by atoms with van der Waals surface area (Å²) < 4.78 is 16.1. The molecule has 0 unspecified atom stereocenters. The van der Waals surface area contributed by atoms with Gasteiger partial charge in [-0.2, -0.15) is 0 Å². The fraction of sp³-hybridized carbons (Fsp3) is 0.400. The number of hydrogen-bond donors (Lipinski definition) is 2. The highest BCUT2D eigenvalue weighted by atomic mass is 16.5. The van der Waals surface area contributed by atoms with Crippen LogP contribution >= 0.6 is 0 Å². The summed E-state index contributed by atoms with van der Waals surface area (Å²) in [6.45, 7) is 2.23. The summed E-state index contributed by atoms with van der Waals surface area (Å²) in [6, 6.07) is 17.0. The van der Waals surface area contributed by atoms with E-state index in [0.29, 0.717) is 26.1 Å². The van der Waals surface area contributed by atoms with Crippen molar-refractivity contribution in [3.05, 3.63) is 77.9 Å². The van der Waals surface area contributed by atoms with Gasteiger partial charge < -0.3 is 24.4 Å². The SMILES string of the molecule is COc1ccc(COCC[C@@H](O)C[C@H](O)C/C=C/[C@@H](OC(C)=O)c2ccccc2)cc1.